The van der Waals surface area contributed by atoms with Gasteiger partial charge in [0.2, 0.25) is 5.78 Å². The minimum absolute atomic E-state index is 0. The van der Waals surface area contributed by atoms with E-state index in [0.29, 0.717) is 5.75 Å². The van der Waals surface area contributed by atoms with E-state index in [-0.39, 0.29) is 29.6 Å². The first-order valence-electron chi connectivity index (χ1n) is 3.48. The third-order valence-electron chi connectivity index (χ3n) is 1.24. The fourth-order valence-corrected chi connectivity index (χ4v) is 0.667. The molecule has 0 amide bonds. The van der Waals surface area contributed by atoms with E-state index in [2.05, 4.69) is 4.74 Å². The number of carbonyl (C=O) groups is 2. The summed E-state index contributed by atoms with van der Waals surface area (Å²) in [6, 6.07) is 8.47. The molecule has 1 aromatic carbocycles. The first-order valence-corrected chi connectivity index (χ1v) is 3.48. The SMILES string of the molecule is CC(=O)C(=O)Oc1ccccc1.[Na]. The summed E-state index contributed by atoms with van der Waals surface area (Å²) in [5, 5.41) is 0. The Kier molecular flexibility index (Phi) is 5.62. The van der Waals surface area contributed by atoms with Gasteiger partial charge in [-0.2, -0.15) is 0 Å². The third kappa shape index (κ3) is 4.22. The van der Waals surface area contributed by atoms with Gasteiger partial charge in [0.05, 0.1) is 0 Å². The summed E-state index contributed by atoms with van der Waals surface area (Å²) in [4.78, 5) is 21.2. The largest absolute Gasteiger partial charge is 0.421 e. The predicted octanol–water partition coefficient (Wildman–Crippen LogP) is 0.800. The van der Waals surface area contributed by atoms with Crippen molar-refractivity contribution in [1.82, 2.24) is 0 Å². The standard InChI is InChI=1S/C9H8O3.Na/c1-7(10)9(11)12-8-5-3-2-4-6-8;/h2-6H,1H3;. The zero-order valence-corrected chi connectivity index (χ0v) is 9.61. The van der Waals surface area contributed by atoms with Crippen molar-refractivity contribution in [1.29, 1.82) is 0 Å². The van der Waals surface area contributed by atoms with Crippen molar-refractivity contribution in [2.45, 2.75) is 6.92 Å². The summed E-state index contributed by atoms with van der Waals surface area (Å²) in [7, 11) is 0. The zero-order chi connectivity index (χ0) is 8.97. The van der Waals surface area contributed by atoms with Crippen molar-refractivity contribution >= 4 is 41.3 Å². The summed E-state index contributed by atoms with van der Waals surface area (Å²) in [6.45, 7) is 1.17. The Labute approximate surface area is 98.4 Å². The molecule has 0 heterocycles. The van der Waals surface area contributed by atoms with Crippen LogP contribution in [-0.4, -0.2) is 41.3 Å². The van der Waals surface area contributed by atoms with Crippen molar-refractivity contribution < 1.29 is 14.3 Å². The normalized spacial score (nSPS) is 8.38. The molecule has 0 aromatic heterocycles. The van der Waals surface area contributed by atoms with E-state index in [4.69, 9.17) is 0 Å². The number of ketones is 1. The molecule has 3 nitrogen and oxygen atoms in total. The van der Waals surface area contributed by atoms with Crippen molar-refractivity contribution in [3.8, 4) is 5.75 Å². The second-order valence-electron chi connectivity index (χ2n) is 2.26. The smallest absolute Gasteiger partial charge is 0.379 e. The van der Waals surface area contributed by atoms with Crippen molar-refractivity contribution in [3.05, 3.63) is 30.3 Å². The molecule has 0 spiro atoms. The quantitative estimate of drug-likeness (QED) is 0.297. The van der Waals surface area contributed by atoms with Gasteiger partial charge in [0.25, 0.3) is 0 Å². The number of benzene rings is 1. The number of rotatable bonds is 2. The molecule has 0 saturated carbocycles. The maximum absolute atomic E-state index is 10.7. The minimum Gasteiger partial charge on any atom is -0.421 e. The van der Waals surface area contributed by atoms with E-state index in [1.165, 1.54) is 6.92 Å². The molecule has 0 aliphatic heterocycles. The molecular weight excluding hydrogens is 179 g/mol. The van der Waals surface area contributed by atoms with Crippen molar-refractivity contribution in [3.63, 3.8) is 0 Å². The molecule has 13 heavy (non-hydrogen) atoms. The summed E-state index contributed by atoms with van der Waals surface area (Å²) in [6.07, 6.45) is 0. The van der Waals surface area contributed by atoms with Crippen LogP contribution < -0.4 is 4.74 Å². The van der Waals surface area contributed by atoms with Crippen LogP contribution in [-0.2, 0) is 9.59 Å². The fourth-order valence-electron chi connectivity index (χ4n) is 0.667. The van der Waals surface area contributed by atoms with Gasteiger partial charge in [-0.3, -0.25) is 4.79 Å². The van der Waals surface area contributed by atoms with Gasteiger partial charge in [0, 0.05) is 36.5 Å². The summed E-state index contributed by atoms with van der Waals surface area (Å²) in [5.41, 5.74) is 0. The monoisotopic (exact) mass is 187 g/mol. The van der Waals surface area contributed by atoms with E-state index in [1.54, 1.807) is 30.3 Å². The van der Waals surface area contributed by atoms with Gasteiger partial charge in [-0.25, -0.2) is 4.79 Å². The molecule has 1 aromatic rings. The molecular formula is C9H8NaO3. The van der Waals surface area contributed by atoms with Gasteiger partial charge in [-0.05, 0) is 12.1 Å². The van der Waals surface area contributed by atoms with E-state index < -0.39 is 11.8 Å². The van der Waals surface area contributed by atoms with Gasteiger partial charge in [0.1, 0.15) is 5.75 Å². The van der Waals surface area contributed by atoms with Crippen LogP contribution in [0.2, 0.25) is 0 Å². The fraction of sp³-hybridized carbons (Fsp3) is 0.111. The first-order chi connectivity index (χ1) is 5.70. The van der Waals surface area contributed by atoms with Gasteiger partial charge >= 0.3 is 5.97 Å². The van der Waals surface area contributed by atoms with Crippen LogP contribution >= 0.6 is 0 Å². The molecule has 0 unspecified atom stereocenters. The molecule has 0 bridgehead atoms. The van der Waals surface area contributed by atoms with E-state index >= 15 is 0 Å². The van der Waals surface area contributed by atoms with Crippen LogP contribution in [0.1, 0.15) is 6.92 Å². The van der Waals surface area contributed by atoms with Crippen molar-refractivity contribution in [2.24, 2.45) is 0 Å². The molecule has 63 valence electrons. The van der Waals surface area contributed by atoms with Gasteiger partial charge in [-0.1, -0.05) is 18.2 Å². The Morgan fingerprint density at radius 2 is 1.69 bits per heavy atom. The van der Waals surface area contributed by atoms with E-state index in [9.17, 15) is 9.59 Å². The van der Waals surface area contributed by atoms with Crippen LogP contribution in [0.4, 0.5) is 0 Å². The average molecular weight is 187 g/mol. The number of para-hydroxylation sites is 1. The van der Waals surface area contributed by atoms with Crippen LogP contribution in [0.15, 0.2) is 30.3 Å². The first kappa shape index (κ1) is 12.4. The topological polar surface area (TPSA) is 43.4 Å². The molecule has 0 saturated heterocycles. The maximum atomic E-state index is 10.7. The predicted molar refractivity (Wildman–Crippen MR) is 48.5 cm³/mol. The van der Waals surface area contributed by atoms with Gasteiger partial charge in [-0.15, -0.1) is 0 Å². The summed E-state index contributed by atoms with van der Waals surface area (Å²) in [5.74, 6) is -1.04. The number of Topliss-reactive ketones (excluding diaryl/α,β-unsaturated/α-hetero) is 1. The van der Waals surface area contributed by atoms with Gasteiger partial charge in [0.15, 0.2) is 0 Å². The van der Waals surface area contributed by atoms with Crippen LogP contribution in [0.5, 0.6) is 5.75 Å². The minimum atomic E-state index is -0.832. The van der Waals surface area contributed by atoms with E-state index in [0.717, 1.165) is 0 Å². The molecule has 0 N–H and O–H groups in total. The summed E-state index contributed by atoms with van der Waals surface area (Å²) >= 11 is 0. The van der Waals surface area contributed by atoms with Crippen LogP contribution in [0.3, 0.4) is 0 Å². The molecule has 0 aliphatic carbocycles. The molecule has 1 radical (unpaired) electrons. The molecule has 0 atom stereocenters. The second kappa shape index (κ2) is 5.91. The zero-order valence-electron chi connectivity index (χ0n) is 7.61. The maximum Gasteiger partial charge on any atom is 0.379 e. The molecule has 0 aliphatic rings. The Hall–Kier alpha value is -0.640. The Balaban J connectivity index is 0.00000144. The number of hydrogen-bond donors (Lipinski definition) is 0. The Morgan fingerprint density at radius 3 is 2.15 bits per heavy atom. The number of esters is 1. The van der Waals surface area contributed by atoms with Crippen LogP contribution in [0, 0.1) is 0 Å². The average Bonchev–Trinajstić information content (AvgIpc) is 2.06. The van der Waals surface area contributed by atoms with Crippen LogP contribution in [0.25, 0.3) is 0 Å². The molecule has 0 fully saturated rings. The molecule has 1 rings (SSSR count). The molecule has 4 heteroatoms. The third-order valence-corrected chi connectivity index (χ3v) is 1.24. The summed E-state index contributed by atoms with van der Waals surface area (Å²) < 4.78 is 4.69. The van der Waals surface area contributed by atoms with Crippen molar-refractivity contribution in [2.75, 3.05) is 0 Å². The number of hydrogen-bond acceptors (Lipinski definition) is 3. The Bertz CT molecular complexity index is 295. The van der Waals surface area contributed by atoms with Gasteiger partial charge < -0.3 is 4.74 Å². The number of carbonyl (C=O) groups excluding carboxylic acids is 2. The Morgan fingerprint density at radius 1 is 1.15 bits per heavy atom. The number of ether oxygens (including phenoxy) is 1. The second-order valence-corrected chi connectivity index (χ2v) is 2.26. The van der Waals surface area contributed by atoms with E-state index in [1.807, 2.05) is 0 Å².